The van der Waals surface area contributed by atoms with E-state index in [0.717, 1.165) is 10.6 Å². The Balaban J connectivity index is 1.99. The molecule has 0 aliphatic heterocycles. The van der Waals surface area contributed by atoms with Gasteiger partial charge >= 0.3 is 6.09 Å². The van der Waals surface area contributed by atoms with Crippen LogP contribution in [0.4, 0.5) is 4.79 Å². The molecule has 22 heavy (non-hydrogen) atoms. The lowest BCUT2D eigenvalue weighted by Gasteiger charge is -2.20. The fourth-order valence-corrected chi connectivity index (χ4v) is 2.57. The van der Waals surface area contributed by atoms with E-state index in [9.17, 15) is 4.79 Å². The molecule has 0 fully saturated rings. The van der Waals surface area contributed by atoms with Gasteiger partial charge in [-0.3, -0.25) is 0 Å². The number of thiazole rings is 1. The van der Waals surface area contributed by atoms with Crippen molar-refractivity contribution in [2.75, 3.05) is 0 Å². The van der Waals surface area contributed by atoms with E-state index in [0.29, 0.717) is 12.2 Å². The Kier molecular flexibility index (Phi) is 5.15. The van der Waals surface area contributed by atoms with Gasteiger partial charge in [0.25, 0.3) is 0 Å². The predicted octanol–water partition coefficient (Wildman–Crippen LogP) is 3.27. The highest BCUT2D eigenvalue weighted by Crippen LogP contribution is 2.21. The van der Waals surface area contributed by atoms with Gasteiger partial charge in [0.15, 0.2) is 0 Å². The third-order valence-corrected chi connectivity index (χ3v) is 3.72. The number of ether oxygens (including phenoxy) is 1. The number of nitrogens with two attached hydrogens (primary N) is 1. The first-order valence-electron chi connectivity index (χ1n) is 7.07. The molecule has 0 saturated carbocycles. The van der Waals surface area contributed by atoms with E-state index < -0.39 is 6.09 Å². The van der Waals surface area contributed by atoms with Crippen molar-refractivity contribution in [1.82, 2.24) is 10.3 Å². The summed E-state index contributed by atoms with van der Waals surface area (Å²) in [5.41, 5.74) is 6.81. The van der Waals surface area contributed by atoms with E-state index in [4.69, 9.17) is 10.5 Å². The van der Waals surface area contributed by atoms with Crippen LogP contribution in [0.25, 0.3) is 0 Å². The molecule has 6 heteroatoms. The molecule has 0 saturated heterocycles. The molecule has 0 aliphatic carbocycles. The number of nitrogens with one attached hydrogen (secondary N) is 1. The second kappa shape index (κ2) is 6.89. The lowest BCUT2D eigenvalue weighted by atomic mass is 10.1. The molecule has 3 N–H and O–H groups in total. The zero-order chi connectivity index (χ0) is 16.2. The van der Waals surface area contributed by atoms with E-state index in [1.54, 1.807) is 12.3 Å². The molecule has 1 aromatic carbocycles. The Labute approximate surface area is 134 Å². The maximum atomic E-state index is 11.8. The normalized spacial score (nSPS) is 12.7. The minimum Gasteiger partial charge on any atom is -0.410 e. The first-order chi connectivity index (χ1) is 10.3. The van der Waals surface area contributed by atoms with Crippen molar-refractivity contribution in [3.05, 3.63) is 46.4 Å². The molecule has 1 heterocycles. The van der Waals surface area contributed by atoms with Gasteiger partial charge in [0.1, 0.15) is 10.8 Å². The van der Waals surface area contributed by atoms with Crippen molar-refractivity contribution in [2.45, 2.75) is 38.8 Å². The van der Waals surface area contributed by atoms with Crippen molar-refractivity contribution in [3.8, 4) is 5.75 Å². The van der Waals surface area contributed by atoms with Gasteiger partial charge in [-0.2, -0.15) is 0 Å². The zero-order valence-electron chi connectivity index (χ0n) is 13.0. The van der Waals surface area contributed by atoms with Crippen molar-refractivity contribution in [3.63, 3.8) is 0 Å². The number of hydrogen-bond acceptors (Lipinski definition) is 5. The van der Waals surface area contributed by atoms with Crippen LogP contribution in [-0.2, 0) is 6.42 Å². The minimum absolute atomic E-state index is 0.154. The average Bonchev–Trinajstić information content (AvgIpc) is 2.90. The summed E-state index contributed by atoms with van der Waals surface area (Å²) in [4.78, 5) is 16.0. The first-order valence-corrected chi connectivity index (χ1v) is 7.95. The predicted molar refractivity (Wildman–Crippen MR) is 88.1 cm³/mol. The maximum absolute atomic E-state index is 11.8. The van der Waals surface area contributed by atoms with Crippen LogP contribution in [0, 0.1) is 0 Å². The minimum atomic E-state index is -0.464. The molecular weight excluding hydrogens is 298 g/mol. The fraction of sp³-hybridized carbons (Fsp3) is 0.375. The Hall–Kier alpha value is -1.92. The van der Waals surface area contributed by atoms with Gasteiger partial charge in [-0.05, 0) is 44.9 Å². The summed E-state index contributed by atoms with van der Waals surface area (Å²) >= 11 is 1.54. The largest absolute Gasteiger partial charge is 0.413 e. The zero-order valence-corrected chi connectivity index (χ0v) is 13.8. The summed E-state index contributed by atoms with van der Waals surface area (Å²) in [6.07, 6.45) is 1.93. The van der Waals surface area contributed by atoms with Gasteiger partial charge in [0.05, 0.1) is 6.04 Å². The van der Waals surface area contributed by atoms with Gasteiger partial charge < -0.3 is 15.8 Å². The Morgan fingerprint density at radius 2 is 2.23 bits per heavy atom. The number of benzene rings is 1. The third kappa shape index (κ3) is 5.13. The number of amides is 1. The maximum Gasteiger partial charge on any atom is 0.413 e. The van der Waals surface area contributed by atoms with Crippen LogP contribution in [0.5, 0.6) is 5.75 Å². The second-order valence-electron chi connectivity index (χ2n) is 6.09. The SMILES string of the molecule is CC(C)(C)NC(=O)Oc1cccc(C[C@H](N)c2nccs2)c1. The molecule has 0 unspecified atom stereocenters. The van der Waals surface area contributed by atoms with Gasteiger partial charge in [0, 0.05) is 17.1 Å². The molecule has 1 aromatic heterocycles. The standard InChI is InChI=1S/C16H21N3O2S/c1-16(2,3)19-15(20)21-12-6-4-5-11(9-12)10-13(17)14-18-7-8-22-14/h4-9,13H,10,17H2,1-3H3,(H,19,20)/t13-/m0/s1. The number of rotatable bonds is 4. The van der Waals surface area contributed by atoms with Crippen LogP contribution in [-0.4, -0.2) is 16.6 Å². The molecule has 2 aromatic rings. The number of aromatic nitrogens is 1. The number of carbonyl (C=O) groups excluding carboxylic acids is 1. The molecule has 1 atom stereocenters. The Morgan fingerprint density at radius 1 is 1.45 bits per heavy atom. The highest BCUT2D eigenvalue weighted by molar-refractivity contribution is 7.09. The van der Waals surface area contributed by atoms with Crippen LogP contribution < -0.4 is 15.8 Å². The van der Waals surface area contributed by atoms with E-state index >= 15 is 0 Å². The summed E-state index contributed by atoms with van der Waals surface area (Å²) in [5, 5.41) is 5.56. The van der Waals surface area contributed by atoms with Crippen molar-refractivity contribution in [2.24, 2.45) is 5.73 Å². The molecular formula is C16H21N3O2S. The second-order valence-corrected chi connectivity index (χ2v) is 7.02. The van der Waals surface area contributed by atoms with E-state index in [-0.39, 0.29) is 11.6 Å². The van der Waals surface area contributed by atoms with Gasteiger partial charge in [-0.15, -0.1) is 11.3 Å². The average molecular weight is 319 g/mol. The van der Waals surface area contributed by atoms with Crippen molar-refractivity contribution in [1.29, 1.82) is 0 Å². The summed E-state index contributed by atoms with van der Waals surface area (Å²) in [6.45, 7) is 5.70. The molecule has 2 rings (SSSR count). The van der Waals surface area contributed by atoms with Crippen molar-refractivity contribution < 1.29 is 9.53 Å². The van der Waals surface area contributed by atoms with E-state index in [1.807, 2.05) is 44.4 Å². The highest BCUT2D eigenvalue weighted by atomic mass is 32.1. The summed E-state index contributed by atoms with van der Waals surface area (Å²) < 4.78 is 5.30. The molecule has 0 aliphatic rings. The van der Waals surface area contributed by atoms with Gasteiger partial charge in [-0.25, -0.2) is 9.78 Å². The Bertz CT molecular complexity index is 621. The summed E-state index contributed by atoms with van der Waals surface area (Å²) in [6, 6.07) is 7.24. The smallest absolute Gasteiger partial charge is 0.410 e. The summed E-state index contributed by atoms with van der Waals surface area (Å²) in [5.74, 6) is 0.505. The summed E-state index contributed by atoms with van der Waals surface area (Å²) in [7, 11) is 0. The molecule has 5 nitrogen and oxygen atoms in total. The van der Waals surface area contributed by atoms with E-state index in [1.165, 1.54) is 11.3 Å². The molecule has 0 radical (unpaired) electrons. The lowest BCUT2D eigenvalue weighted by molar-refractivity contribution is 0.190. The highest BCUT2D eigenvalue weighted by Gasteiger charge is 2.16. The van der Waals surface area contributed by atoms with Gasteiger partial charge in [0.2, 0.25) is 0 Å². The van der Waals surface area contributed by atoms with Crippen LogP contribution in [0.1, 0.15) is 37.4 Å². The monoisotopic (exact) mass is 319 g/mol. The van der Waals surface area contributed by atoms with Crippen LogP contribution in [0.2, 0.25) is 0 Å². The molecule has 118 valence electrons. The third-order valence-electron chi connectivity index (χ3n) is 2.81. The van der Waals surface area contributed by atoms with E-state index in [2.05, 4.69) is 10.3 Å². The van der Waals surface area contributed by atoms with Crippen LogP contribution in [0.3, 0.4) is 0 Å². The first kappa shape index (κ1) is 16.5. The van der Waals surface area contributed by atoms with Crippen molar-refractivity contribution >= 4 is 17.4 Å². The van der Waals surface area contributed by atoms with Gasteiger partial charge in [-0.1, -0.05) is 12.1 Å². The lowest BCUT2D eigenvalue weighted by Crippen LogP contribution is -2.42. The number of carbonyl (C=O) groups is 1. The molecule has 0 bridgehead atoms. The van der Waals surface area contributed by atoms with Crippen LogP contribution >= 0.6 is 11.3 Å². The molecule has 0 spiro atoms. The number of nitrogens with zero attached hydrogens (tertiary/aromatic N) is 1. The van der Waals surface area contributed by atoms with Crippen LogP contribution in [0.15, 0.2) is 35.8 Å². The Morgan fingerprint density at radius 3 is 2.86 bits per heavy atom. The topological polar surface area (TPSA) is 77.2 Å². The number of hydrogen-bond donors (Lipinski definition) is 2. The quantitative estimate of drug-likeness (QED) is 0.906. The molecule has 1 amide bonds. The fourth-order valence-electron chi connectivity index (χ4n) is 1.93.